The summed E-state index contributed by atoms with van der Waals surface area (Å²) in [6, 6.07) is 21.6. The largest absolute Gasteiger partial charge is 0.416 e. The summed E-state index contributed by atoms with van der Waals surface area (Å²) in [5.41, 5.74) is 1.82. The Labute approximate surface area is 185 Å². The SMILES string of the molecule is CN(Cc1ccccc1)Cc1cccc(C(=O)NCC(O)c2cccc(C(F)(F)F)c2)c1. The Kier molecular flexibility index (Phi) is 7.66. The highest BCUT2D eigenvalue weighted by Gasteiger charge is 2.30. The molecule has 1 unspecified atom stereocenters. The van der Waals surface area contributed by atoms with Crippen LogP contribution < -0.4 is 5.32 Å². The van der Waals surface area contributed by atoms with E-state index >= 15 is 0 Å². The molecule has 7 heteroatoms. The maximum atomic E-state index is 12.9. The lowest BCUT2D eigenvalue weighted by Crippen LogP contribution is -2.28. The predicted octanol–water partition coefficient (Wildman–Crippen LogP) is 4.80. The molecule has 0 radical (unpaired) electrons. The summed E-state index contributed by atoms with van der Waals surface area (Å²) in [5, 5.41) is 12.8. The lowest BCUT2D eigenvalue weighted by atomic mass is 10.1. The number of amides is 1. The van der Waals surface area contributed by atoms with Crippen molar-refractivity contribution in [1.82, 2.24) is 10.2 Å². The van der Waals surface area contributed by atoms with E-state index in [1.54, 1.807) is 18.2 Å². The Morgan fingerprint density at radius 1 is 0.938 bits per heavy atom. The fourth-order valence-electron chi connectivity index (χ4n) is 3.41. The highest BCUT2D eigenvalue weighted by atomic mass is 19.4. The van der Waals surface area contributed by atoms with Crippen LogP contribution in [-0.4, -0.2) is 29.5 Å². The summed E-state index contributed by atoms with van der Waals surface area (Å²) in [6.45, 7) is 1.21. The Morgan fingerprint density at radius 2 is 1.59 bits per heavy atom. The number of carbonyl (C=O) groups is 1. The van der Waals surface area contributed by atoms with E-state index < -0.39 is 23.8 Å². The predicted molar refractivity (Wildman–Crippen MR) is 117 cm³/mol. The van der Waals surface area contributed by atoms with Gasteiger partial charge < -0.3 is 10.4 Å². The van der Waals surface area contributed by atoms with Gasteiger partial charge >= 0.3 is 6.18 Å². The molecule has 4 nitrogen and oxygen atoms in total. The Bertz CT molecular complexity index is 1040. The summed E-state index contributed by atoms with van der Waals surface area (Å²) in [4.78, 5) is 14.6. The van der Waals surface area contributed by atoms with Crippen LogP contribution in [0.3, 0.4) is 0 Å². The molecule has 0 fully saturated rings. The average Bonchev–Trinajstić information content (AvgIpc) is 2.77. The lowest BCUT2D eigenvalue weighted by molar-refractivity contribution is -0.137. The van der Waals surface area contributed by atoms with Crippen molar-refractivity contribution in [2.24, 2.45) is 0 Å². The number of carbonyl (C=O) groups excluding carboxylic acids is 1. The maximum Gasteiger partial charge on any atom is 0.416 e. The van der Waals surface area contributed by atoms with Gasteiger partial charge in [0.15, 0.2) is 0 Å². The minimum atomic E-state index is -4.49. The van der Waals surface area contributed by atoms with Crippen LogP contribution in [-0.2, 0) is 19.3 Å². The van der Waals surface area contributed by atoms with Gasteiger partial charge in [-0.25, -0.2) is 0 Å². The summed E-state index contributed by atoms with van der Waals surface area (Å²) >= 11 is 0. The number of hydrogen-bond acceptors (Lipinski definition) is 3. The van der Waals surface area contributed by atoms with E-state index in [1.807, 2.05) is 31.3 Å². The summed E-state index contributed by atoms with van der Waals surface area (Å²) in [5.74, 6) is -0.399. The van der Waals surface area contributed by atoms with E-state index in [0.717, 1.165) is 24.2 Å². The molecule has 0 saturated heterocycles. The third kappa shape index (κ3) is 6.67. The number of nitrogens with zero attached hydrogens (tertiary/aromatic N) is 1. The van der Waals surface area contributed by atoms with Crippen LogP contribution in [0.25, 0.3) is 0 Å². The van der Waals surface area contributed by atoms with E-state index in [0.29, 0.717) is 12.1 Å². The molecule has 168 valence electrons. The van der Waals surface area contributed by atoms with E-state index in [9.17, 15) is 23.1 Å². The monoisotopic (exact) mass is 442 g/mol. The zero-order chi connectivity index (χ0) is 23.1. The highest BCUT2D eigenvalue weighted by molar-refractivity contribution is 5.94. The molecule has 3 aromatic carbocycles. The maximum absolute atomic E-state index is 12.9. The first-order valence-electron chi connectivity index (χ1n) is 10.2. The van der Waals surface area contributed by atoms with E-state index in [2.05, 4.69) is 22.3 Å². The van der Waals surface area contributed by atoms with Crippen molar-refractivity contribution in [3.63, 3.8) is 0 Å². The zero-order valence-electron chi connectivity index (χ0n) is 17.6. The molecule has 1 amide bonds. The van der Waals surface area contributed by atoms with Crippen LogP contribution in [0.15, 0.2) is 78.9 Å². The van der Waals surface area contributed by atoms with Crippen molar-refractivity contribution < 1.29 is 23.1 Å². The van der Waals surface area contributed by atoms with Gasteiger partial charge in [0.2, 0.25) is 0 Å². The van der Waals surface area contributed by atoms with Crippen LogP contribution in [0, 0.1) is 0 Å². The number of alkyl halides is 3. The lowest BCUT2D eigenvalue weighted by Gasteiger charge is -2.17. The molecule has 1 atom stereocenters. The number of aliphatic hydroxyl groups is 1. The molecule has 0 aliphatic rings. The number of nitrogens with one attached hydrogen (secondary N) is 1. The van der Waals surface area contributed by atoms with Gasteiger partial charge in [-0.3, -0.25) is 9.69 Å². The molecule has 0 aromatic heterocycles. The Hall–Kier alpha value is -3.16. The molecule has 0 heterocycles. The van der Waals surface area contributed by atoms with E-state index in [-0.39, 0.29) is 12.1 Å². The molecule has 0 bridgehead atoms. The highest BCUT2D eigenvalue weighted by Crippen LogP contribution is 2.30. The van der Waals surface area contributed by atoms with Crippen LogP contribution >= 0.6 is 0 Å². The van der Waals surface area contributed by atoms with E-state index in [4.69, 9.17) is 0 Å². The molecule has 3 rings (SSSR count). The fraction of sp³-hybridized carbons (Fsp3) is 0.240. The van der Waals surface area contributed by atoms with Crippen molar-refractivity contribution in [2.45, 2.75) is 25.4 Å². The van der Waals surface area contributed by atoms with Crippen LogP contribution in [0.5, 0.6) is 0 Å². The van der Waals surface area contributed by atoms with Crippen LogP contribution in [0.1, 0.15) is 38.7 Å². The summed E-state index contributed by atoms with van der Waals surface area (Å²) in [7, 11) is 1.99. The third-order valence-electron chi connectivity index (χ3n) is 4.99. The van der Waals surface area contributed by atoms with Gasteiger partial charge in [-0.05, 0) is 48.0 Å². The second-order valence-electron chi connectivity index (χ2n) is 7.71. The third-order valence-corrected chi connectivity index (χ3v) is 4.99. The van der Waals surface area contributed by atoms with Gasteiger partial charge in [-0.2, -0.15) is 13.2 Å². The van der Waals surface area contributed by atoms with E-state index in [1.165, 1.54) is 17.7 Å². The van der Waals surface area contributed by atoms with Gasteiger partial charge in [0.05, 0.1) is 11.7 Å². The van der Waals surface area contributed by atoms with Crippen LogP contribution in [0.4, 0.5) is 13.2 Å². The van der Waals surface area contributed by atoms with Crippen molar-refractivity contribution in [2.75, 3.05) is 13.6 Å². The van der Waals surface area contributed by atoms with Gasteiger partial charge in [0.25, 0.3) is 5.91 Å². The smallest absolute Gasteiger partial charge is 0.387 e. The first-order valence-corrected chi connectivity index (χ1v) is 10.2. The molecule has 32 heavy (non-hydrogen) atoms. The normalized spacial score (nSPS) is 12.6. The topological polar surface area (TPSA) is 52.6 Å². The Balaban J connectivity index is 1.57. The minimum Gasteiger partial charge on any atom is -0.387 e. The number of aliphatic hydroxyl groups excluding tert-OH is 1. The molecule has 2 N–H and O–H groups in total. The molecular weight excluding hydrogens is 417 g/mol. The van der Waals surface area contributed by atoms with Gasteiger partial charge in [-0.15, -0.1) is 0 Å². The zero-order valence-corrected chi connectivity index (χ0v) is 17.6. The van der Waals surface area contributed by atoms with Crippen molar-refractivity contribution in [3.8, 4) is 0 Å². The van der Waals surface area contributed by atoms with Crippen molar-refractivity contribution in [1.29, 1.82) is 0 Å². The number of rotatable bonds is 8. The molecule has 0 saturated carbocycles. The quantitative estimate of drug-likeness (QED) is 0.527. The minimum absolute atomic E-state index is 0.0939. The average molecular weight is 442 g/mol. The second-order valence-corrected chi connectivity index (χ2v) is 7.71. The van der Waals surface area contributed by atoms with Gasteiger partial charge in [-0.1, -0.05) is 54.6 Å². The summed E-state index contributed by atoms with van der Waals surface area (Å²) < 4.78 is 38.6. The van der Waals surface area contributed by atoms with Gasteiger partial charge in [0.1, 0.15) is 0 Å². The molecule has 0 aliphatic heterocycles. The fourth-order valence-corrected chi connectivity index (χ4v) is 3.41. The molecule has 3 aromatic rings. The molecular formula is C25H25F3N2O2. The van der Waals surface area contributed by atoms with Gasteiger partial charge in [0, 0.05) is 25.2 Å². The number of halogens is 3. The first-order chi connectivity index (χ1) is 15.2. The number of benzene rings is 3. The number of hydrogen-bond donors (Lipinski definition) is 2. The second kappa shape index (κ2) is 10.4. The molecule has 0 aliphatic carbocycles. The van der Waals surface area contributed by atoms with Crippen molar-refractivity contribution >= 4 is 5.91 Å². The standard InChI is InChI=1S/C25H25F3N2O2/c1-30(16-18-7-3-2-4-8-18)17-19-9-5-11-21(13-19)24(32)29-15-23(31)20-10-6-12-22(14-20)25(26,27)28/h2-14,23,31H,15-17H2,1H3,(H,29,32). The Morgan fingerprint density at radius 3 is 2.31 bits per heavy atom. The summed E-state index contributed by atoms with van der Waals surface area (Å²) in [6.07, 6.45) is -5.74. The van der Waals surface area contributed by atoms with Crippen LogP contribution in [0.2, 0.25) is 0 Å². The molecule has 0 spiro atoms. The first kappa shape index (κ1) is 23.5. The van der Waals surface area contributed by atoms with Crippen molar-refractivity contribution in [3.05, 3.63) is 107 Å².